The maximum Gasteiger partial charge on any atom is 0.250 e. The van der Waals surface area contributed by atoms with E-state index in [0.29, 0.717) is 28.3 Å². The summed E-state index contributed by atoms with van der Waals surface area (Å²) in [6.45, 7) is 8.94. The number of halogens is 1. The standard InChI is InChI=1S/C19H12FN5/c1-12-10-13(5-6-15(12)20)18-14(4-3-8-22-18)16-7-9-25-19(24-16)17(21-2)11-23-25/h3-11H,1H3. The Balaban J connectivity index is 1.92. The number of aromatic nitrogens is 4. The van der Waals surface area contributed by atoms with E-state index >= 15 is 0 Å². The normalized spacial score (nSPS) is 10.8. The molecule has 6 heteroatoms. The van der Waals surface area contributed by atoms with E-state index in [0.717, 1.165) is 11.1 Å². The van der Waals surface area contributed by atoms with Crippen LogP contribution in [-0.4, -0.2) is 19.6 Å². The van der Waals surface area contributed by atoms with Crippen LogP contribution in [0.2, 0.25) is 0 Å². The van der Waals surface area contributed by atoms with Crippen LogP contribution >= 0.6 is 0 Å². The van der Waals surface area contributed by atoms with Crippen LogP contribution in [0, 0.1) is 19.3 Å². The Hall–Kier alpha value is -3.59. The van der Waals surface area contributed by atoms with Crippen LogP contribution in [0.15, 0.2) is 55.0 Å². The Bertz CT molecular complexity index is 1140. The van der Waals surface area contributed by atoms with Gasteiger partial charge >= 0.3 is 0 Å². The molecule has 1 aromatic carbocycles. The van der Waals surface area contributed by atoms with E-state index in [1.807, 2.05) is 18.2 Å². The van der Waals surface area contributed by atoms with E-state index in [1.165, 1.54) is 12.3 Å². The monoisotopic (exact) mass is 329 g/mol. The van der Waals surface area contributed by atoms with Gasteiger partial charge in [0.25, 0.3) is 0 Å². The zero-order chi connectivity index (χ0) is 17.4. The lowest BCUT2D eigenvalue weighted by molar-refractivity contribution is 0.619. The Kier molecular flexibility index (Phi) is 3.47. The lowest BCUT2D eigenvalue weighted by Gasteiger charge is -2.09. The summed E-state index contributed by atoms with van der Waals surface area (Å²) in [6, 6.07) is 10.5. The highest BCUT2D eigenvalue weighted by molar-refractivity contribution is 5.80. The number of benzene rings is 1. The third-order valence-corrected chi connectivity index (χ3v) is 3.99. The van der Waals surface area contributed by atoms with Gasteiger partial charge < -0.3 is 0 Å². The van der Waals surface area contributed by atoms with Crippen molar-refractivity contribution in [3.8, 4) is 22.5 Å². The number of fused-ring (bicyclic) bond motifs is 1. The zero-order valence-electron chi connectivity index (χ0n) is 13.3. The maximum absolute atomic E-state index is 13.6. The molecule has 0 amide bonds. The third kappa shape index (κ3) is 2.52. The smallest absolute Gasteiger partial charge is 0.250 e. The van der Waals surface area contributed by atoms with Gasteiger partial charge in [0.05, 0.1) is 24.2 Å². The largest absolute Gasteiger partial charge is 0.256 e. The van der Waals surface area contributed by atoms with Crippen molar-refractivity contribution in [3.63, 3.8) is 0 Å². The minimum atomic E-state index is -0.248. The van der Waals surface area contributed by atoms with Gasteiger partial charge in [-0.3, -0.25) is 4.98 Å². The fraction of sp³-hybridized carbons (Fsp3) is 0.0526. The van der Waals surface area contributed by atoms with Gasteiger partial charge in [-0.05, 0) is 48.9 Å². The van der Waals surface area contributed by atoms with Gasteiger partial charge in [-0.2, -0.15) is 5.10 Å². The predicted octanol–water partition coefficient (Wildman–Crippen LogP) is 4.46. The van der Waals surface area contributed by atoms with Gasteiger partial charge in [0.1, 0.15) is 5.82 Å². The molecular weight excluding hydrogens is 317 g/mol. The second-order valence-electron chi connectivity index (χ2n) is 5.59. The number of hydrogen-bond acceptors (Lipinski definition) is 3. The summed E-state index contributed by atoms with van der Waals surface area (Å²) in [5.74, 6) is -0.248. The van der Waals surface area contributed by atoms with Crippen molar-refractivity contribution in [2.75, 3.05) is 0 Å². The van der Waals surface area contributed by atoms with Crippen LogP contribution < -0.4 is 0 Å². The van der Waals surface area contributed by atoms with Gasteiger partial charge in [-0.1, -0.05) is 0 Å². The molecule has 0 saturated heterocycles. The summed E-state index contributed by atoms with van der Waals surface area (Å²) in [5, 5.41) is 4.11. The van der Waals surface area contributed by atoms with Crippen molar-refractivity contribution in [2.24, 2.45) is 0 Å². The van der Waals surface area contributed by atoms with Crippen molar-refractivity contribution in [1.29, 1.82) is 0 Å². The van der Waals surface area contributed by atoms with Crippen LogP contribution in [0.5, 0.6) is 0 Å². The predicted molar refractivity (Wildman–Crippen MR) is 92.6 cm³/mol. The number of nitrogens with zero attached hydrogens (tertiary/aromatic N) is 5. The molecule has 0 spiro atoms. The molecular formula is C19H12FN5. The summed E-state index contributed by atoms with van der Waals surface area (Å²) in [4.78, 5) is 12.5. The molecule has 0 bridgehead atoms. The molecule has 0 aliphatic carbocycles. The molecule has 3 heterocycles. The molecule has 0 unspecified atom stereocenters. The van der Waals surface area contributed by atoms with Crippen molar-refractivity contribution >= 4 is 11.3 Å². The third-order valence-electron chi connectivity index (χ3n) is 3.99. The average molecular weight is 329 g/mol. The van der Waals surface area contributed by atoms with Gasteiger partial charge in [0.15, 0.2) is 5.65 Å². The lowest BCUT2D eigenvalue weighted by Crippen LogP contribution is -1.95. The molecule has 5 nitrogen and oxygen atoms in total. The van der Waals surface area contributed by atoms with Gasteiger partial charge in [0, 0.05) is 23.5 Å². The van der Waals surface area contributed by atoms with Crippen molar-refractivity contribution in [2.45, 2.75) is 6.92 Å². The van der Waals surface area contributed by atoms with E-state index in [-0.39, 0.29) is 5.82 Å². The second-order valence-corrected chi connectivity index (χ2v) is 5.59. The van der Waals surface area contributed by atoms with Crippen LogP contribution in [0.3, 0.4) is 0 Å². The Morgan fingerprint density at radius 2 is 2.08 bits per heavy atom. The second kappa shape index (κ2) is 5.80. The molecule has 0 aliphatic heterocycles. The van der Waals surface area contributed by atoms with E-state index in [4.69, 9.17) is 6.57 Å². The van der Waals surface area contributed by atoms with Gasteiger partial charge in [0.2, 0.25) is 5.69 Å². The highest BCUT2D eigenvalue weighted by Gasteiger charge is 2.13. The molecule has 25 heavy (non-hydrogen) atoms. The average Bonchev–Trinajstić information content (AvgIpc) is 3.06. The Labute approximate surface area is 143 Å². The molecule has 0 N–H and O–H groups in total. The highest BCUT2D eigenvalue weighted by Crippen LogP contribution is 2.31. The molecule has 3 aromatic heterocycles. The lowest BCUT2D eigenvalue weighted by atomic mass is 10.0. The first-order valence-corrected chi connectivity index (χ1v) is 7.61. The molecule has 0 fully saturated rings. The topological polar surface area (TPSA) is 47.4 Å². The number of rotatable bonds is 2. The van der Waals surface area contributed by atoms with Gasteiger partial charge in [-0.15, -0.1) is 0 Å². The molecule has 120 valence electrons. The van der Waals surface area contributed by atoms with E-state index < -0.39 is 0 Å². The highest BCUT2D eigenvalue weighted by atomic mass is 19.1. The SMILES string of the molecule is [C-]#[N+]c1cnn2ccc(-c3cccnc3-c3ccc(F)c(C)c3)nc12. The van der Waals surface area contributed by atoms with Crippen LogP contribution in [0.1, 0.15) is 5.56 Å². The Morgan fingerprint density at radius 3 is 2.88 bits per heavy atom. The first-order chi connectivity index (χ1) is 12.2. The minimum absolute atomic E-state index is 0.248. The number of aryl methyl sites for hydroxylation is 1. The van der Waals surface area contributed by atoms with Crippen LogP contribution in [0.4, 0.5) is 10.1 Å². The quantitative estimate of drug-likeness (QED) is 0.510. The van der Waals surface area contributed by atoms with E-state index in [2.05, 4.69) is 19.9 Å². The van der Waals surface area contributed by atoms with Crippen LogP contribution in [-0.2, 0) is 0 Å². The first kappa shape index (κ1) is 15.0. The summed E-state index contributed by atoms with van der Waals surface area (Å²) in [6.07, 6.45) is 4.95. The molecule has 0 saturated carbocycles. The first-order valence-electron chi connectivity index (χ1n) is 7.61. The molecule has 0 atom stereocenters. The molecule has 0 aliphatic rings. The summed E-state index contributed by atoms with van der Waals surface area (Å²) >= 11 is 0. The molecule has 4 rings (SSSR count). The molecule has 4 aromatic rings. The summed E-state index contributed by atoms with van der Waals surface area (Å²) in [7, 11) is 0. The summed E-state index contributed by atoms with van der Waals surface area (Å²) < 4.78 is 15.2. The number of pyridine rings is 1. The van der Waals surface area contributed by atoms with Crippen LogP contribution in [0.25, 0.3) is 33.0 Å². The summed E-state index contributed by atoms with van der Waals surface area (Å²) in [5.41, 5.74) is 4.48. The van der Waals surface area contributed by atoms with Crippen molar-refractivity contribution in [1.82, 2.24) is 19.6 Å². The van der Waals surface area contributed by atoms with Gasteiger partial charge in [-0.25, -0.2) is 18.7 Å². The minimum Gasteiger partial charge on any atom is -0.256 e. The van der Waals surface area contributed by atoms with Crippen molar-refractivity contribution < 1.29 is 4.39 Å². The fourth-order valence-corrected chi connectivity index (χ4v) is 2.72. The molecule has 0 radical (unpaired) electrons. The zero-order valence-corrected chi connectivity index (χ0v) is 13.3. The van der Waals surface area contributed by atoms with E-state index in [9.17, 15) is 4.39 Å². The Morgan fingerprint density at radius 1 is 1.20 bits per heavy atom. The number of hydrogen-bond donors (Lipinski definition) is 0. The maximum atomic E-state index is 13.6. The van der Waals surface area contributed by atoms with E-state index in [1.54, 1.807) is 36.0 Å². The fourth-order valence-electron chi connectivity index (χ4n) is 2.72. The van der Waals surface area contributed by atoms with Crippen molar-refractivity contribution in [3.05, 3.63) is 77.8 Å².